The van der Waals surface area contributed by atoms with E-state index in [0.717, 1.165) is 12.8 Å². The lowest BCUT2D eigenvalue weighted by Crippen LogP contribution is -2.13. The fourth-order valence-electron chi connectivity index (χ4n) is 0.945. The smallest absolute Gasteiger partial charge is 0.328 e. The molecule has 0 aliphatic carbocycles. The second-order valence-corrected chi connectivity index (χ2v) is 2.56. The fourth-order valence-corrected chi connectivity index (χ4v) is 1.07. The molecule has 1 unspecified atom stereocenters. The SMILES string of the molecule is C=CCC(CCC)C(=O)OCl. The summed E-state index contributed by atoms with van der Waals surface area (Å²) in [5, 5.41) is 0. The number of allylic oxidation sites excluding steroid dienone is 1. The molecular weight excluding hydrogens is 164 g/mol. The van der Waals surface area contributed by atoms with E-state index in [9.17, 15) is 4.79 Å². The Balaban J connectivity index is 3.86. The van der Waals surface area contributed by atoms with Crippen LogP contribution < -0.4 is 0 Å². The summed E-state index contributed by atoms with van der Waals surface area (Å²) in [7, 11) is 0. The molecule has 0 aliphatic heterocycles. The van der Waals surface area contributed by atoms with Crippen molar-refractivity contribution < 1.29 is 9.08 Å². The van der Waals surface area contributed by atoms with E-state index in [0.29, 0.717) is 6.42 Å². The second kappa shape index (κ2) is 6.23. The van der Waals surface area contributed by atoms with Crippen molar-refractivity contribution in [2.24, 2.45) is 5.92 Å². The number of carbonyl (C=O) groups excluding carboxylic acids is 1. The van der Waals surface area contributed by atoms with Gasteiger partial charge in [-0.1, -0.05) is 19.4 Å². The molecule has 0 rings (SSSR count). The van der Waals surface area contributed by atoms with Gasteiger partial charge in [-0.2, -0.15) is 0 Å². The van der Waals surface area contributed by atoms with E-state index in [2.05, 4.69) is 10.9 Å². The molecule has 1 atom stereocenters. The maximum absolute atomic E-state index is 10.9. The maximum Gasteiger partial charge on any atom is 0.328 e. The average molecular weight is 177 g/mol. The van der Waals surface area contributed by atoms with Crippen molar-refractivity contribution >= 4 is 17.8 Å². The predicted molar refractivity (Wildman–Crippen MR) is 45.2 cm³/mol. The lowest BCUT2D eigenvalue weighted by molar-refractivity contribution is -0.138. The maximum atomic E-state index is 10.9. The Kier molecular flexibility index (Phi) is 5.94. The van der Waals surface area contributed by atoms with Crippen molar-refractivity contribution in [1.82, 2.24) is 0 Å². The minimum absolute atomic E-state index is 0.116. The van der Waals surface area contributed by atoms with Gasteiger partial charge < -0.3 is 4.29 Å². The Hall–Kier alpha value is -0.500. The molecule has 0 saturated heterocycles. The minimum Gasteiger partial charge on any atom is -0.347 e. The van der Waals surface area contributed by atoms with Crippen molar-refractivity contribution in [2.45, 2.75) is 26.2 Å². The second-order valence-electron chi connectivity index (χ2n) is 2.41. The number of carbonyl (C=O) groups is 1. The summed E-state index contributed by atoms with van der Waals surface area (Å²) >= 11 is 4.93. The monoisotopic (exact) mass is 176 g/mol. The third kappa shape index (κ3) is 4.04. The van der Waals surface area contributed by atoms with Gasteiger partial charge in [0, 0.05) is 0 Å². The zero-order valence-electron chi connectivity index (χ0n) is 6.68. The molecule has 0 saturated carbocycles. The molecule has 11 heavy (non-hydrogen) atoms. The van der Waals surface area contributed by atoms with Crippen LogP contribution in [-0.4, -0.2) is 5.97 Å². The van der Waals surface area contributed by atoms with Gasteiger partial charge in [0.2, 0.25) is 0 Å². The zero-order valence-corrected chi connectivity index (χ0v) is 7.43. The highest BCUT2D eigenvalue weighted by atomic mass is 35.5. The topological polar surface area (TPSA) is 26.3 Å². The van der Waals surface area contributed by atoms with E-state index in [1.165, 1.54) is 0 Å². The Labute approximate surface area is 72.4 Å². The van der Waals surface area contributed by atoms with Gasteiger partial charge in [0.05, 0.1) is 5.92 Å². The molecule has 0 bridgehead atoms. The summed E-state index contributed by atoms with van der Waals surface area (Å²) in [5.74, 6) is -0.469. The van der Waals surface area contributed by atoms with Crippen LogP contribution in [0.3, 0.4) is 0 Å². The van der Waals surface area contributed by atoms with Gasteiger partial charge in [0.1, 0.15) is 11.9 Å². The number of halogens is 1. The molecule has 3 heteroatoms. The molecule has 64 valence electrons. The third-order valence-corrected chi connectivity index (χ3v) is 1.65. The molecule has 0 aromatic heterocycles. The van der Waals surface area contributed by atoms with Crippen molar-refractivity contribution in [1.29, 1.82) is 0 Å². The first-order chi connectivity index (χ1) is 5.26. The third-order valence-electron chi connectivity index (χ3n) is 1.50. The lowest BCUT2D eigenvalue weighted by Gasteiger charge is -2.08. The van der Waals surface area contributed by atoms with Crippen LogP contribution in [0.25, 0.3) is 0 Å². The molecule has 0 spiro atoms. The van der Waals surface area contributed by atoms with E-state index in [4.69, 9.17) is 11.9 Å². The van der Waals surface area contributed by atoms with E-state index < -0.39 is 0 Å². The molecule has 0 fully saturated rings. The van der Waals surface area contributed by atoms with E-state index in [1.807, 2.05) is 6.92 Å². The molecule has 0 N–H and O–H groups in total. The molecule has 0 amide bonds. The van der Waals surface area contributed by atoms with Gasteiger partial charge in [-0.25, -0.2) is 0 Å². The highest BCUT2D eigenvalue weighted by molar-refractivity contribution is 6.13. The normalized spacial score (nSPS) is 12.2. The van der Waals surface area contributed by atoms with E-state index in [-0.39, 0.29) is 11.9 Å². The van der Waals surface area contributed by atoms with Gasteiger partial charge in [-0.15, -0.1) is 6.58 Å². The van der Waals surface area contributed by atoms with Gasteiger partial charge in [-0.05, 0) is 12.8 Å². The summed E-state index contributed by atoms with van der Waals surface area (Å²) in [6.45, 7) is 5.56. The van der Waals surface area contributed by atoms with Crippen LogP contribution in [-0.2, 0) is 9.08 Å². The number of rotatable bonds is 5. The van der Waals surface area contributed by atoms with Crippen molar-refractivity contribution in [3.63, 3.8) is 0 Å². The summed E-state index contributed by atoms with van der Waals surface area (Å²) in [6, 6.07) is 0. The van der Waals surface area contributed by atoms with Gasteiger partial charge in [0.25, 0.3) is 0 Å². The number of hydrogen-bond donors (Lipinski definition) is 0. The van der Waals surface area contributed by atoms with E-state index in [1.54, 1.807) is 6.08 Å². The molecular formula is C8H13ClO2. The van der Waals surface area contributed by atoms with Crippen LogP contribution in [0.5, 0.6) is 0 Å². The Morgan fingerprint density at radius 2 is 2.45 bits per heavy atom. The highest BCUT2D eigenvalue weighted by Crippen LogP contribution is 2.14. The summed E-state index contributed by atoms with van der Waals surface area (Å²) in [4.78, 5) is 10.9. The Morgan fingerprint density at radius 3 is 2.82 bits per heavy atom. The first-order valence-electron chi connectivity index (χ1n) is 3.69. The van der Waals surface area contributed by atoms with Crippen LogP contribution >= 0.6 is 11.9 Å². The van der Waals surface area contributed by atoms with Crippen LogP contribution in [0.4, 0.5) is 0 Å². The van der Waals surface area contributed by atoms with Gasteiger partial charge >= 0.3 is 5.97 Å². The zero-order chi connectivity index (χ0) is 8.69. The molecule has 0 aromatic rings. The minimum atomic E-state index is -0.353. The molecule has 2 nitrogen and oxygen atoms in total. The van der Waals surface area contributed by atoms with Crippen molar-refractivity contribution in [3.05, 3.63) is 12.7 Å². The molecule has 0 aliphatic rings. The fraction of sp³-hybridized carbons (Fsp3) is 0.625. The quantitative estimate of drug-likeness (QED) is 0.602. The standard InChI is InChI=1S/C8H13ClO2/c1-3-5-7(6-4-2)8(10)11-9/h3,7H,1,4-6H2,2H3. The van der Waals surface area contributed by atoms with E-state index >= 15 is 0 Å². The van der Waals surface area contributed by atoms with Crippen molar-refractivity contribution in [2.75, 3.05) is 0 Å². The first-order valence-corrected chi connectivity index (χ1v) is 4.00. The highest BCUT2D eigenvalue weighted by Gasteiger charge is 2.16. The summed E-state index contributed by atoms with van der Waals surface area (Å²) < 4.78 is 4.10. The average Bonchev–Trinajstić information content (AvgIpc) is 2.03. The summed E-state index contributed by atoms with van der Waals surface area (Å²) in [6.07, 6.45) is 4.09. The van der Waals surface area contributed by atoms with Crippen LogP contribution in [0, 0.1) is 5.92 Å². The Bertz CT molecular complexity index is 134. The molecule has 0 radical (unpaired) electrons. The Morgan fingerprint density at radius 1 is 1.82 bits per heavy atom. The van der Waals surface area contributed by atoms with Crippen molar-refractivity contribution in [3.8, 4) is 0 Å². The number of hydrogen-bond acceptors (Lipinski definition) is 2. The van der Waals surface area contributed by atoms with Gasteiger partial charge in [-0.3, -0.25) is 4.79 Å². The van der Waals surface area contributed by atoms with Crippen LogP contribution in [0.1, 0.15) is 26.2 Å². The van der Waals surface area contributed by atoms with Crippen LogP contribution in [0.15, 0.2) is 12.7 Å². The largest absolute Gasteiger partial charge is 0.347 e. The predicted octanol–water partition coefficient (Wildman–Crippen LogP) is 2.68. The molecule has 0 aromatic carbocycles. The first kappa shape index (κ1) is 10.5. The molecule has 0 heterocycles. The van der Waals surface area contributed by atoms with Crippen LogP contribution in [0.2, 0.25) is 0 Å². The van der Waals surface area contributed by atoms with Gasteiger partial charge in [0.15, 0.2) is 0 Å². The lowest BCUT2D eigenvalue weighted by atomic mass is 10.0. The summed E-state index contributed by atoms with van der Waals surface area (Å²) in [5.41, 5.74) is 0.